The first-order chi connectivity index (χ1) is 13.1. The van der Waals surface area contributed by atoms with E-state index in [0.717, 1.165) is 10.9 Å². The monoisotopic (exact) mass is 402 g/mol. The fraction of sp³-hybridized carbons (Fsp3) is 0.158. The summed E-state index contributed by atoms with van der Waals surface area (Å²) in [6.45, 7) is 3.36. The third-order valence-electron chi connectivity index (χ3n) is 4.06. The Hall–Kier alpha value is -3.17. The minimum atomic E-state index is -3.80. The number of amides is 1. The van der Waals surface area contributed by atoms with Gasteiger partial charge in [-0.05, 0) is 55.8 Å². The van der Waals surface area contributed by atoms with Crippen LogP contribution in [0.3, 0.4) is 0 Å². The van der Waals surface area contributed by atoms with Crippen molar-refractivity contribution in [2.45, 2.75) is 24.8 Å². The first-order valence-corrected chi connectivity index (χ1v) is 9.83. The molecule has 0 unspecified atom stereocenters. The van der Waals surface area contributed by atoms with Gasteiger partial charge in [-0.1, -0.05) is 0 Å². The summed E-state index contributed by atoms with van der Waals surface area (Å²) >= 11 is 0. The number of rotatable bonds is 5. The van der Waals surface area contributed by atoms with Gasteiger partial charge in [0.05, 0.1) is 4.90 Å². The Balaban J connectivity index is 1.72. The van der Waals surface area contributed by atoms with Gasteiger partial charge < -0.3 is 14.5 Å². The molecular weight excluding hydrogens is 384 g/mol. The second kappa shape index (κ2) is 7.45. The predicted molar refractivity (Wildman–Crippen MR) is 104 cm³/mol. The normalized spacial score (nSPS) is 12.5. The molecule has 0 aliphatic carbocycles. The van der Waals surface area contributed by atoms with Crippen LogP contribution >= 0.6 is 0 Å². The largest absolute Gasteiger partial charge is 0.481 e. The van der Waals surface area contributed by atoms with Gasteiger partial charge in [-0.2, -0.15) is 0 Å². The lowest BCUT2D eigenvalue weighted by Gasteiger charge is -2.15. The summed E-state index contributed by atoms with van der Waals surface area (Å²) in [7, 11) is -3.80. The summed E-state index contributed by atoms with van der Waals surface area (Å²) in [5, 5.41) is 8.44. The molecule has 1 atom stereocenters. The van der Waals surface area contributed by atoms with E-state index in [2.05, 4.69) is 5.32 Å². The standard InChI is InChI=1S/C19H18N2O6S/c1-11-9-18(22)27-17-10-14(5-8-16(11)17)26-12(2)19(23)21-13-3-6-15(7-4-13)28(20,24)25/h3-10,12H,1-2H3,(H,21,23)(H2,20,24,25)/t12-/m1/s1. The van der Waals surface area contributed by atoms with Crippen LogP contribution in [0.25, 0.3) is 11.0 Å². The van der Waals surface area contributed by atoms with Crippen molar-refractivity contribution in [3.63, 3.8) is 0 Å². The van der Waals surface area contributed by atoms with Crippen LogP contribution in [0.15, 0.2) is 62.6 Å². The van der Waals surface area contributed by atoms with E-state index in [1.54, 1.807) is 32.0 Å². The van der Waals surface area contributed by atoms with Gasteiger partial charge in [0, 0.05) is 23.2 Å². The average molecular weight is 402 g/mol. The van der Waals surface area contributed by atoms with Crippen LogP contribution in [-0.4, -0.2) is 20.4 Å². The lowest BCUT2D eigenvalue weighted by atomic mass is 10.1. The number of benzene rings is 2. The van der Waals surface area contributed by atoms with Crippen molar-refractivity contribution in [3.05, 3.63) is 64.5 Å². The average Bonchev–Trinajstić information content (AvgIpc) is 2.60. The van der Waals surface area contributed by atoms with Crippen LogP contribution < -0.4 is 20.8 Å². The van der Waals surface area contributed by atoms with Crippen molar-refractivity contribution in [1.82, 2.24) is 0 Å². The SMILES string of the molecule is Cc1cc(=O)oc2cc(O[C@H](C)C(=O)Nc3ccc(S(N)(=O)=O)cc3)ccc12. The molecule has 2 aromatic carbocycles. The van der Waals surface area contributed by atoms with E-state index in [4.69, 9.17) is 14.3 Å². The van der Waals surface area contributed by atoms with Crippen molar-refractivity contribution in [3.8, 4) is 5.75 Å². The van der Waals surface area contributed by atoms with Gasteiger partial charge in [0.2, 0.25) is 10.0 Å². The molecule has 0 saturated heterocycles. The summed E-state index contributed by atoms with van der Waals surface area (Å²) in [4.78, 5) is 23.8. The number of aryl methyl sites for hydroxylation is 1. The highest BCUT2D eigenvalue weighted by Gasteiger charge is 2.16. The number of fused-ring (bicyclic) bond motifs is 1. The fourth-order valence-electron chi connectivity index (χ4n) is 2.61. The molecule has 3 rings (SSSR count). The molecule has 0 fully saturated rings. The Bertz CT molecular complexity index is 1200. The maximum Gasteiger partial charge on any atom is 0.336 e. The Morgan fingerprint density at radius 1 is 1.14 bits per heavy atom. The molecule has 1 heterocycles. The number of carbonyl (C=O) groups excluding carboxylic acids is 1. The number of hydrogen-bond donors (Lipinski definition) is 2. The van der Waals surface area contributed by atoms with Crippen LogP contribution in [-0.2, 0) is 14.8 Å². The quantitative estimate of drug-likeness (QED) is 0.629. The van der Waals surface area contributed by atoms with Crippen molar-refractivity contribution in [2.75, 3.05) is 5.32 Å². The minimum absolute atomic E-state index is 0.0530. The molecular formula is C19H18N2O6S. The fourth-order valence-corrected chi connectivity index (χ4v) is 3.12. The molecule has 3 aromatic rings. The third kappa shape index (κ3) is 4.38. The first-order valence-electron chi connectivity index (χ1n) is 8.28. The van der Waals surface area contributed by atoms with Gasteiger partial charge >= 0.3 is 5.63 Å². The Kier molecular flexibility index (Phi) is 5.21. The number of carbonyl (C=O) groups is 1. The highest BCUT2D eigenvalue weighted by Crippen LogP contribution is 2.23. The molecule has 28 heavy (non-hydrogen) atoms. The van der Waals surface area contributed by atoms with Gasteiger partial charge in [-0.25, -0.2) is 18.4 Å². The maximum atomic E-state index is 12.3. The number of nitrogens with two attached hydrogens (primary N) is 1. The van der Waals surface area contributed by atoms with E-state index in [-0.39, 0.29) is 4.90 Å². The Morgan fingerprint density at radius 2 is 1.82 bits per heavy atom. The van der Waals surface area contributed by atoms with Crippen molar-refractivity contribution in [2.24, 2.45) is 5.14 Å². The smallest absolute Gasteiger partial charge is 0.336 e. The summed E-state index contributed by atoms with van der Waals surface area (Å²) in [6, 6.07) is 11.8. The first kappa shape index (κ1) is 19.6. The Morgan fingerprint density at radius 3 is 2.46 bits per heavy atom. The molecule has 3 N–H and O–H groups in total. The molecule has 0 aliphatic heterocycles. The van der Waals surface area contributed by atoms with E-state index in [1.807, 2.05) is 0 Å². The topological polar surface area (TPSA) is 129 Å². The zero-order valence-corrected chi connectivity index (χ0v) is 15.9. The molecule has 0 saturated carbocycles. The van der Waals surface area contributed by atoms with Crippen LogP contribution in [0.4, 0.5) is 5.69 Å². The van der Waals surface area contributed by atoms with Crippen molar-refractivity contribution >= 4 is 32.6 Å². The summed E-state index contributed by atoms with van der Waals surface area (Å²) in [6.07, 6.45) is -0.855. The number of sulfonamides is 1. The molecule has 0 bridgehead atoms. The van der Waals surface area contributed by atoms with Crippen LogP contribution in [0.2, 0.25) is 0 Å². The van der Waals surface area contributed by atoms with Gasteiger partial charge in [0.1, 0.15) is 11.3 Å². The van der Waals surface area contributed by atoms with E-state index in [9.17, 15) is 18.0 Å². The van der Waals surface area contributed by atoms with E-state index in [1.165, 1.54) is 30.3 Å². The minimum Gasteiger partial charge on any atom is -0.481 e. The molecule has 0 radical (unpaired) electrons. The molecule has 9 heteroatoms. The van der Waals surface area contributed by atoms with Crippen molar-refractivity contribution < 1.29 is 22.4 Å². The number of anilines is 1. The zero-order valence-electron chi connectivity index (χ0n) is 15.1. The molecule has 0 spiro atoms. The summed E-state index contributed by atoms with van der Waals surface area (Å²) in [5.41, 5.74) is 1.09. The van der Waals surface area contributed by atoms with Crippen LogP contribution in [0.1, 0.15) is 12.5 Å². The lowest BCUT2D eigenvalue weighted by Crippen LogP contribution is -2.30. The number of primary sulfonamides is 1. The maximum absolute atomic E-state index is 12.3. The van der Waals surface area contributed by atoms with Gasteiger partial charge in [0.25, 0.3) is 5.91 Å². The van der Waals surface area contributed by atoms with E-state index < -0.39 is 27.7 Å². The molecule has 1 aromatic heterocycles. The zero-order chi connectivity index (χ0) is 20.5. The van der Waals surface area contributed by atoms with Crippen LogP contribution in [0, 0.1) is 6.92 Å². The molecule has 0 aliphatic rings. The molecule has 8 nitrogen and oxygen atoms in total. The van der Waals surface area contributed by atoms with Gasteiger partial charge in [0.15, 0.2) is 6.10 Å². The number of ether oxygens (including phenoxy) is 1. The number of nitrogens with one attached hydrogen (secondary N) is 1. The highest BCUT2D eigenvalue weighted by atomic mass is 32.2. The van der Waals surface area contributed by atoms with Crippen LogP contribution in [0.5, 0.6) is 5.75 Å². The lowest BCUT2D eigenvalue weighted by molar-refractivity contribution is -0.122. The summed E-state index contributed by atoms with van der Waals surface area (Å²) in [5.74, 6) is -0.0670. The summed E-state index contributed by atoms with van der Waals surface area (Å²) < 4.78 is 33.3. The van der Waals surface area contributed by atoms with Gasteiger partial charge in [-0.3, -0.25) is 4.79 Å². The van der Waals surface area contributed by atoms with Gasteiger partial charge in [-0.15, -0.1) is 0 Å². The second-order valence-electron chi connectivity index (χ2n) is 6.23. The number of hydrogen-bond acceptors (Lipinski definition) is 6. The second-order valence-corrected chi connectivity index (χ2v) is 7.79. The molecule has 1 amide bonds. The Labute approximate surface area is 161 Å². The predicted octanol–water partition coefficient (Wildman–Crippen LogP) is 2.15. The highest BCUT2D eigenvalue weighted by molar-refractivity contribution is 7.89. The van der Waals surface area contributed by atoms with Crippen molar-refractivity contribution in [1.29, 1.82) is 0 Å². The van der Waals surface area contributed by atoms with E-state index in [0.29, 0.717) is 17.0 Å². The third-order valence-corrected chi connectivity index (χ3v) is 4.98. The molecule has 146 valence electrons. The van der Waals surface area contributed by atoms with E-state index >= 15 is 0 Å².